The van der Waals surface area contributed by atoms with E-state index >= 15 is 0 Å². The van der Waals surface area contributed by atoms with E-state index in [1.54, 1.807) is 27.7 Å². The Balaban J connectivity index is -0.000000202. The molecule has 0 saturated heterocycles. The molecule has 0 unspecified atom stereocenters. The highest BCUT2D eigenvalue weighted by Crippen LogP contribution is 2.19. The van der Waals surface area contributed by atoms with E-state index in [1.807, 2.05) is 41.5 Å². The van der Waals surface area contributed by atoms with Crippen LogP contribution in [0.25, 0.3) is 0 Å². The summed E-state index contributed by atoms with van der Waals surface area (Å²) in [7, 11) is 3.28. The minimum absolute atomic E-state index is 0.00225. The van der Waals surface area contributed by atoms with Gasteiger partial charge in [0.1, 0.15) is 11.8 Å². The highest BCUT2D eigenvalue weighted by atomic mass is 35.5. The van der Waals surface area contributed by atoms with Gasteiger partial charge in [-0.25, -0.2) is 0 Å². The molecule has 0 radical (unpaired) electrons. The summed E-state index contributed by atoms with van der Waals surface area (Å²) in [5.41, 5.74) is 1.17. The van der Waals surface area contributed by atoms with E-state index < -0.39 is 0 Å². The quantitative estimate of drug-likeness (QED) is 0.195. The van der Waals surface area contributed by atoms with Gasteiger partial charge in [0.25, 0.3) is 0 Å². The van der Waals surface area contributed by atoms with Crippen molar-refractivity contribution in [3.05, 3.63) is 11.6 Å². The Kier molecular flexibility index (Phi) is 41.3. The van der Waals surface area contributed by atoms with Crippen LogP contribution in [0.2, 0.25) is 0 Å². The summed E-state index contributed by atoms with van der Waals surface area (Å²) >= 11 is 10.6. The third kappa shape index (κ3) is 38.9. The van der Waals surface area contributed by atoms with Crippen LogP contribution in [-0.4, -0.2) is 54.4 Å². The van der Waals surface area contributed by atoms with E-state index in [1.165, 1.54) is 11.8 Å². The maximum Gasteiger partial charge on any atom is 0.234 e. The fourth-order valence-corrected chi connectivity index (χ4v) is 2.85. The van der Waals surface area contributed by atoms with E-state index in [0.29, 0.717) is 13.1 Å². The van der Waals surface area contributed by atoms with E-state index in [4.69, 9.17) is 28.6 Å². The number of amides is 2. The third-order valence-electron chi connectivity index (χ3n) is 1.76. The van der Waals surface area contributed by atoms with Crippen molar-refractivity contribution in [2.75, 3.05) is 36.4 Å². The smallest absolute Gasteiger partial charge is 0.234 e. The van der Waals surface area contributed by atoms with Gasteiger partial charge >= 0.3 is 0 Å². The monoisotopic (exact) mass is 447 g/mol. The Labute approximate surface area is 177 Å². The first-order chi connectivity index (χ1) is 12.5. The standard InChI is InChI=1S/C8H14Cl2N2O2S2.C5H9N.2C2H6/c9-5-7(13)11-1-3-15-16-4-2-12-8(14)6-10;1-5(2)3-4-6;2*1-2/h1-6H2,(H,11,13)(H,12,14);3-4,6H,1-2H3;2*1-2H3. The van der Waals surface area contributed by atoms with Crippen molar-refractivity contribution in [3.8, 4) is 0 Å². The molecular weight excluding hydrogens is 413 g/mol. The van der Waals surface area contributed by atoms with Crippen LogP contribution in [0.4, 0.5) is 0 Å². The number of alkyl halides is 2. The molecule has 0 atom stereocenters. The summed E-state index contributed by atoms with van der Waals surface area (Å²) in [4.78, 5) is 21.5. The molecule has 3 N–H and O–H groups in total. The zero-order chi connectivity index (χ0) is 21.2. The Morgan fingerprint density at radius 3 is 1.42 bits per heavy atom. The van der Waals surface area contributed by atoms with Crippen LogP contribution in [0.15, 0.2) is 11.6 Å². The number of carbonyl (C=O) groups excluding carboxylic acids is 2. The van der Waals surface area contributed by atoms with Gasteiger partial charge in [-0.2, -0.15) is 0 Å². The van der Waals surface area contributed by atoms with Crippen LogP contribution < -0.4 is 10.6 Å². The van der Waals surface area contributed by atoms with Gasteiger partial charge in [-0.15, -0.1) is 23.2 Å². The predicted octanol–water partition coefficient (Wildman–Crippen LogP) is 4.73. The molecule has 0 aliphatic carbocycles. The van der Waals surface area contributed by atoms with Crippen LogP contribution >= 0.6 is 44.8 Å². The lowest BCUT2D eigenvalue weighted by molar-refractivity contribution is -0.119. The van der Waals surface area contributed by atoms with Crippen LogP contribution in [-0.2, 0) is 9.59 Å². The van der Waals surface area contributed by atoms with Gasteiger partial charge < -0.3 is 16.0 Å². The van der Waals surface area contributed by atoms with Gasteiger partial charge in [0.05, 0.1) is 0 Å². The predicted molar refractivity (Wildman–Crippen MR) is 123 cm³/mol. The Hall–Kier alpha value is -0.370. The molecule has 9 heteroatoms. The molecule has 5 nitrogen and oxygen atoms in total. The summed E-state index contributed by atoms with van der Waals surface area (Å²) in [6.45, 7) is 13.1. The second-order valence-corrected chi connectivity index (χ2v) is 7.26. The van der Waals surface area contributed by atoms with Crippen molar-refractivity contribution in [2.45, 2.75) is 41.5 Å². The van der Waals surface area contributed by atoms with Crippen LogP contribution in [0.1, 0.15) is 41.5 Å². The molecule has 0 aromatic rings. The van der Waals surface area contributed by atoms with E-state index in [0.717, 1.165) is 11.5 Å². The van der Waals surface area contributed by atoms with Crippen molar-refractivity contribution in [1.29, 1.82) is 5.41 Å². The minimum atomic E-state index is -0.151. The van der Waals surface area contributed by atoms with E-state index in [-0.39, 0.29) is 23.6 Å². The fraction of sp³-hybridized carbons (Fsp3) is 0.706. The average molecular weight is 449 g/mol. The van der Waals surface area contributed by atoms with E-state index in [9.17, 15) is 9.59 Å². The molecule has 0 fully saturated rings. The summed E-state index contributed by atoms with van der Waals surface area (Å²) in [6, 6.07) is 0. The summed E-state index contributed by atoms with van der Waals surface area (Å²) < 4.78 is 0. The maximum absolute atomic E-state index is 10.7. The highest BCUT2D eigenvalue weighted by Gasteiger charge is 1.98. The second-order valence-electron chi connectivity index (χ2n) is 4.02. The zero-order valence-electron chi connectivity index (χ0n) is 16.8. The Morgan fingerprint density at radius 2 is 1.23 bits per heavy atom. The van der Waals surface area contributed by atoms with Crippen LogP contribution in [0.5, 0.6) is 0 Å². The normalized spacial score (nSPS) is 8.15. The van der Waals surface area contributed by atoms with Crippen molar-refractivity contribution in [3.63, 3.8) is 0 Å². The number of hydrogen-bond acceptors (Lipinski definition) is 5. The van der Waals surface area contributed by atoms with Crippen molar-refractivity contribution < 1.29 is 9.59 Å². The number of hydrogen-bond donors (Lipinski definition) is 3. The second kappa shape index (κ2) is 32.3. The first-order valence-electron chi connectivity index (χ1n) is 8.51. The molecule has 0 aliphatic heterocycles. The molecule has 0 aromatic heterocycles. The van der Waals surface area contributed by atoms with E-state index in [2.05, 4.69) is 10.6 Å². The first kappa shape index (κ1) is 33.2. The first-order valence-corrected chi connectivity index (χ1v) is 12.1. The van der Waals surface area contributed by atoms with Crippen molar-refractivity contribution in [2.24, 2.45) is 0 Å². The number of halogens is 2. The molecule has 0 spiro atoms. The van der Waals surface area contributed by atoms with Crippen molar-refractivity contribution in [1.82, 2.24) is 10.6 Å². The number of nitrogens with one attached hydrogen (secondary N) is 3. The minimum Gasteiger partial charge on any atom is -0.354 e. The number of rotatable bonds is 10. The molecule has 2 amide bonds. The molecule has 0 rings (SSSR count). The van der Waals surface area contributed by atoms with Gasteiger partial charge in [0.2, 0.25) is 11.8 Å². The highest BCUT2D eigenvalue weighted by molar-refractivity contribution is 8.76. The number of allylic oxidation sites excluding steroid dienone is 2. The van der Waals surface area contributed by atoms with Crippen molar-refractivity contribution >= 4 is 62.8 Å². The van der Waals surface area contributed by atoms with Gasteiger partial charge in [-0.1, -0.05) is 54.9 Å². The van der Waals surface area contributed by atoms with Gasteiger partial charge in [-0.3, -0.25) is 9.59 Å². The molecule has 0 aromatic carbocycles. The molecule has 0 heterocycles. The Bertz CT molecular complexity index is 333. The lowest BCUT2D eigenvalue weighted by atomic mass is 10.3. The summed E-state index contributed by atoms with van der Waals surface area (Å²) in [5.74, 6) is 1.33. The molecule has 26 heavy (non-hydrogen) atoms. The summed E-state index contributed by atoms with van der Waals surface area (Å²) in [5, 5.41) is 11.8. The molecule has 0 bridgehead atoms. The zero-order valence-corrected chi connectivity index (χ0v) is 19.9. The molecule has 0 aliphatic rings. The average Bonchev–Trinajstić information content (AvgIpc) is 2.66. The lowest BCUT2D eigenvalue weighted by Crippen LogP contribution is -2.27. The SMILES string of the molecule is CC.CC.CC(C)=CC=N.O=C(CCl)NCCSSCCNC(=O)CCl. The van der Waals surface area contributed by atoms with Gasteiger partial charge in [0.15, 0.2) is 0 Å². The van der Waals surface area contributed by atoms with Crippen LogP contribution in [0.3, 0.4) is 0 Å². The number of carbonyl (C=O) groups is 2. The van der Waals surface area contributed by atoms with Crippen LogP contribution in [0, 0.1) is 5.41 Å². The van der Waals surface area contributed by atoms with Gasteiger partial charge in [0, 0.05) is 30.8 Å². The molecular formula is C17H35Cl2N3O2S2. The largest absolute Gasteiger partial charge is 0.354 e. The fourth-order valence-electron chi connectivity index (χ4n) is 0.843. The maximum atomic E-state index is 10.7. The molecule has 0 saturated carbocycles. The lowest BCUT2D eigenvalue weighted by Gasteiger charge is -2.03. The molecule has 156 valence electrons. The Morgan fingerprint density at radius 1 is 0.885 bits per heavy atom. The topological polar surface area (TPSA) is 82.1 Å². The van der Waals surface area contributed by atoms with Gasteiger partial charge in [-0.05, 0) is 19.9 Å². The summed E-state index contributed by atoms with van der Waals surface area (Å²) in [6.07, 6.45) is 3.04. The third-order valence-corrected chi connectivity index (χ3v) is 4.65.